The molecule has 4 aromatic rings. The van der Waals surface area contributed by atoms with Crippen LogP contribution in [0.1, 0.15) is 17.2 Å². The normalized spacial score (nSPS) is 12.0. The lowest BCUT2D eigenvalue weighted by Gasteiger charge is -2.23. The SMILES string of the molecule is Oc1ccc2ncccc2c1[C@H](Nc1ccccn1)c1ccccc1F. The van der Waals surface area contributed by atoms with Gasteiger partial charge in [0.2, 0.25) is 0 Å². The number of phenolic OH excluding ortho intramolecular Hbond substituents is 1. The highest BCUT2D eigenvalue weighted by Gasteiger charge is 2.23. The molecule has 0 aliphatic rings. The van der Waals surface area contributed by atoms with Crippen LogP contribution in [-0.2, 0) is 0 Å². The molecule has 0 unspecified atom stereocenters. The molecular weight excluding hydrogens is 329 g/mol. The summed E-state index contributed by atoms with van der Waals surface area (Å²) in [5, 5.41) is 14.6. The van der Waals surface area contributed by atoms with E-state index in [9.17, 15) is 9.50 Å². The van der Waals surface area contributed by atoms with Gasteiger partial charge in [0.15, 0.2) is 0 Å². The summed E-state index contributed by atoms with van der Waals surface area (Å²) in [7, 11) is 0. The van der Waals surface area contributed by atoms with Crippen molar-refractivity contribution in [2.75, 3.05) is 5.32 Å². The van der Waals surface area contributed by atoms with E-state index >= 15 is 0 Å². The van der Waals surface area contributed by atoms with Crippen molar-refractivity contribution in [1.82, 2.24) is 9.97 Å². The van der Waals surface area contributed by atoms with E-state index in [4.69, 9.17) is 0 Å². The van der Waals surface area contributed by atoms with Gasteiger partial charge in [-0.1, -0.05) is 30.3 Å². The van der Waals surface area contributed by atoms with Gasteiger partial charge in [0, 0.05) is 28.9 Å². The van der Waals surface area contributed by atoms with E-state index < -0.39 is 6.04 Å². The third-order valence-electron chi connectivity index (χ3n) is 4.27. The molecule has 0 saturated heterocycles. The molecule has 0 saturated carbocycles. The second-order valence-corrected chi connectivity index (χ2v) is 5.88. The Hall–Kier alpha value is -3.47. The van der Waals surface area contributed by atoms with Gasteiger partial charge in [0.25, 0.3) is 0 Å². The lowest BCUT2D eigenvalue weighted by molar-refractivity contribution is 0.467. The quantitative estimate of drug-likeness (QED) is 0.564. The monoisotopic (exact) mass is 345 g/mol. The first-order valence-electron chi connectivity index (χ1n) is 8.22. The molecule has 0 amide bonds. The number of aromatic nitrogens is 2. The van der Waals surface area contributed by atoms with Gasteiger partial charge in [-0.05, 0) is 36.4 Å². The van der Waals surface area contributed by atoms with E-state index in [0.29, 0.717) is 16.9 Å². The van der Waals surface area contributed by atoms with Crippen molar-refractivity contribution < 1.29 is 9.50 Å². The first kappa shape index (κ1) is 16.0. The van der Waals surface area contributed by atoms with E-state index in [0.717, 1.165) is 10.9 Å². The lowest BCUT2D eigenvalue weighted by Crippen LogP contribution is -2.15. The van der Waals surface area contributed by atoms with Gasteiger partial charge >= 0.3 is 0 Å². The summed E-state index contributed by atoms with van der Waals surface area (Å²) >= 11 is 0. The van der Waals surface area contributed by atoms with Gasteiger partial charge < -0.3 is 10.4 Å². The van der Waals surface area contributed by atoms with Crippen molar-refractivity contribution in [2.24, 2.45) is 0 Å². The molecule has 2 N–H and O–H groups in total. The highest BCUT2D eigenvalue weighted by molar-refractivity contribution is 5.86. The molecule has 2 heterocycles. The highest BCUT2D eigenvalue weighted by atomic mass is 19.1. The first-order valence-corrected chi connectivity index (χ1v) is 8.22. The summed E-state index contributed by atoms with van der Waals surface area (Å²) in [5.41, 5.74) is 1.71. The Morgan fingerprint density at radius 2 is 1.65 bits per heavy atom. The van der Waals surface area contributed by atoms with Crippen LogP contribution in [0.4, 0.5) is 10.2 Å². The number of hydrogen-bond acceptors (Lipinski definition) is 4. The molecule has 1 atom stereocenters. The second-order valence-electron chi connectivity index (χ2n) is 5.88. The number of nitrogens with zero attached hydrogens (tertiary/aromatic N) is 2. The minimum atomic E-state index is -0.626. The van der Waals surface area contributed by atoms with Crippen LogP contribution in [-0.4, -0.2) is 15.1 Å². The third-order valence-corrected chi connectivity index (χ3v) is 4.27. The maximum atomic E-state index is 14.6. The number of nitrogens with one attached hydrogen (secondary N) is 1. The van der Waals surface area contributed by atoms with Crippen molar-refractivity contribution in [3.63, 3.8) is 0 Å². The van der Waals surface area contributed by atoms with Crippen molar-refractivity contribution in [1.29, 1.82) is 0 Å². The molecule has 5 heteroatoms. The number of rotatable bonds is 4. The zero-order valence-electron chi connectivity index (χ0n) is 13.8. The summed E-state index contributed by atoms with van der Waals surface area (Å²) in [6.45, 7) is 0. The van der Waals surface area contributed by atoms with E-state index in [1.54, 1.807) is 54.9 Å². The van der Waals surface area contributed by atoms with E-state index in [-0.39, 0.29) is 11.6 Å². The summed E-state index contributed by atoms with van der Waals surface area (Å²) < 4.78 is 14.6. The molecule has 0 aliphatic carbocycles. The topological polar surface area (TPSA) is 58.0 Å². The molecule has 2 aromatic heterocycles. The van der Waals surface area contributed by atoms with Gasteiger partial charge in [-0.3, -0.25) is 4.98 Å². The summed E-state index contributed by atoms with van der Waals surface area (Å²) in [4.78, 5) is 8.62. The fourth-order valence-electron chi connectivity index (χ4n) is 3.08. The van der Waals surface area contributed by atoms with Crippen LogP contribution in [0.2, 0.25) is 0 Å². The highest BCUT2D eigenvalue weighted by Crippen LogP contribution is 2.37. The average molecular weight is 345 g/mol. The third kappa shape index (κ3) is 2.95. The Kier molecular flexibility index (Phi) is 4.19. The van der Waals surface area contributed by atoms with Crippen LogP contribution in [0.5, 0.6) is 5.75 Å². The molecule has 4 rings (SSSR count). The standard InChI is InChI=1S/C21H16FN3O/c22-16-8-2-1-6-14(16)21(25-19-9-3-4-12-24-19)20-15-7-5-13-23-17(15)10-11-18(20)26/h1-13,21,26H,(H,24,25)/t21-/m1/s1. The molecule has 128 valence electrons. The fraction of sp³-hybridized carbons (Fsp3) is 0.0476. The van der Waals surface area contributed by atoms with Crippen LogP contribution < -0.4 is 5.32 Å². The Morgan fingerprint density at radius 3 is 2.46 bits per heavy atom. The molecule has 0 aliphatic heterocycles. The maximum Gasteiger partial charge on any atom is 0.128 e. The zero-order chi connectivity index (χ0) is 17.9. The van der Waals surface area contributed by atoms with Crippen LogP contribution >= 0.6 is 0 Å². The van der Waals surface area contributed by atoms with Crippen LogP contribution in [0, 0.1) is 5.82 Å². The number of anilines is 1. The molecule has 4 nitrogen and oxygen atoms in total. The van der Waals surface area contributed by atoms with Crippen LogP contribution in [0.3, 0.4) is 0 Å². The van der Waals surface area contributed by atoms with Crippen LogP contribution in [0.15, 0.2) is 79.1 Å². The molecular formula is C21H16FN3O. The van der Waals surface area contributed by atoms with Gasteiger partial charge in [0.1, 0.15) is 17.4 Å². The van der Waals surface area contributed by atoms with E-state index in [1.807, 2.05) is 18.2 Å². The first-order chi connectivity index (χ1) is 12.7. The van der Waals surface area contributed by atoms with Gasteiger partial charge in [-0.25, -0.2) is 9.37 Å². The minimum absolute atomic E-state index is 0.0715. The van der Waals surface area contributed by atoms with Gasteiger partial charge in [0.05, 0.1) is 11.6 Å². The van der Waals surface area contributed by atoms with Crippen molar-refractivity contribution in [2.45, 2.75) is 6.04 Å². The Bertz CT molecular complexity index is 1050. The summed E-state index contributed by atoms with van der Waals surface area (Å²) in [6, 6.07) is 18.3. The second kappa shape index (κ2) is 6.80. The number of aromatic hydroxyl groups is 1. The molecule has 0 spiro atoms. The van der Waals surface area contributed by atoms with Crippen LogP contribution in [0.25, 0.3) is 10.9 Å². The Morgan fingerprint density at radius 1 is 0.846 bits per heavy atom. The number of phenols is 1. The van der Waals surface area contributed by atoms with Crippen molar-refractivity contribution in [3.05, 3.63) is 96.1 Å². The Balaban J connectivity index is 1.94. The largest absolute Gasteiger partial charge is 0.508 e. The van der Waals surface area contributed by atoms with E-state index in [2.05, 4.69) is 15.3 Å². The van der Waals surface area contributed by atoms with Gasteiger partial charge in [-0.2, -0.15) is 0 Å². The number of pyridine rings is 2. The molecule has 0 bridgehead atoms. The molecule has 26 heavy (non-hydrogen) atoms. The Labute approximate surface area is 150 Å². The fourth-order valence-corrected chi connectivity index (χ4v) is 3.08. The molecule has 0 fully saturated rings. The number of fused-ring (bicyclic) bond motifs is 1. The summed E-state index contributed by atoms with van der Waals surface area (Å²) in [5.74, 6) is 0.296. The maximum absolute atomic E-state index is 14.6. The molecule has 0 radical (unpaired) electrons. The van der Waals surface area contributed by atoms with Gasteiger partial charge in [-0.15, -0.1) is 0 Å². The number of hydrogen-bond donors (Lipinski definition) is 2. The number of halogens is 1. The van der Waals surface area contributed by atoms with Crippen molar-refractivity contribution in [3.8, 4) is 5.75 Å². The van der Waals surface area contributed by atoms with E-state index in [1.165, 1.54) is 6.07 Å². The average Bonchev–Trinajstić information content (AvgIpc) is 2.68. The minimum Gasteiger partial charge on any atom is -0.508 e. The lowest BCUT2D eigenvalue weighted by atomic mass is 9.93. The number of benzene rings is 2. The smallest absolute Gasteiger partial charge is 0.128 e. The van der Waals surface area contributed by atoms with Crippen molar-refractivity contribution >= 4 is 16.7 Å². The predicted molar refractivity (Wildman–Crippen MR) is 99.5 cm³/mol. The summed E-state index contributed by atoms with van der Waals surface area (Å²) in [6.07, 6.45) is 3.35. The molecule has 2 aromatic carbocycles. The zero-order valence-corrected chi connectivity index (χ0v) is 13.8. The predicted octanol–water partition coefficient (Wildman–Crippen LogP) is 4.68.